The van der Waals surface area contributed by atoms with Gasteiger partial charge in [-0.2, -0.15) is 0 Å². The van der Waals surface area contributed by atoms with Gasteiger partial charge in [-0.3, -0.25) is 5.41 Å². The van der Waals surface area contributed by atoms with Crippen molar-refractivity contribution in [3.63, 3.8) is 0 Å². The van der Waals surface area contributed by atoms with Crippen molar-refractivity contribution in [2.24, 2.45) is 0 Å². The topological polar surface area (TPSA) is 61.9 Å². The molecule has 2 N–H and O–H groups in total. The largest absolute Gasteiger partial charge is 0.395 e. The van der Waals surface area contributed by atoms with Gasteiger partial charge < -0.3 is 9.67 Å². The van der Waals surface area contributed by atoms with Crippen LogP contribution in [0.3, 0.4) is 0 Å². The summed E-state index contributed by atoms with van der Waals surface area (Å²) in [5.74, 6) is 0. The second kappa shape index (κ2) is 3.68. The maximum Gasteiger partial charge on any atom is 0.136 e. The van der Waals surface area contributed by atoms with Crippen LogP contribution in [0.15, 0.2) is 6.33 Å². The smallest absolute Gasteiger partial charge is 0.136 e. The third kappa shape index (κ3) is 1.32. The molecule has 0 radical (unpaired) electrons. The average Bonchev–Trinajstić information content (AvgIpc) is 2.81. The Labute approximate surface area is 96.7 Å². The molecule has 1 aliphatic rings. The second-order valence-corrected chi connectivity index (χ2v) is 5.13. The van der Waals surface area contributed by atoms with Gasteiger partial charge in [0.05, 0.1) is 18.3 Å². The van der Waals surface area contributed by atoms with Crippen LogP contribution in [0, 0.1) is 5.41 Å². The molecule has 16 heavy (non-hydrogen) atoms. The third-order valence-corrected chi connectivity index (χ3v) is 4.28. The molecule has 2 aromatic rings. The maximum atomic E-state index is 8.93. The molecule has 1 aliphatic carbocycles. The minimum Gasteiger partial charge on any atom is -0.395 e. The first-order chi connectivity index (χ1) is 7.81. The molecule has 4 nitrogen and oxygen atoms in total. The number of aliphatic hydroxyl groups is 1. The van der Waals surface area contributed by atoms with E-state index in [0.717, 1.165) is 23.1 Å². The molecule has 0 saturated carbocycles. The molecule has 0 fully saturated rings. The molecule has 0 unspecified atom stereocenters. The van der Waals surface area contributed by atoms with Gasteiger partial charge in [0.1, 0.15) is 10.3 Å². The van der Waals surface area contributed by atoms with E-state index in [-0.39, 0.29) is 6.61 Å². The van der Waals surface area contributed by atoms with Crippen molar-refractivity contribution < 1.29 is 5.11 Å². The number of fused-ring (bicyclic) bond motifs is 3. The van der Waals surface area contributed by atoms with Crippen molar-refractivity contribution in [1.82, 2.24) is 9.55 Å². The van der Waals surface area contributed by atoms with Crippen molar-refractivity contribution in [1.29, 1.82) is 5.41 Å². The predicted molar refractivity (Wildman–Crippen MR) is 62.6 cm³/mol. The normalized spacial score (nSPS) is 14.6. The molecule has 0 saturated heterocycles. The predicted octanol–water partition coefficient (Wildman–Crippen LogP) is 1.06. The van der Waals surface area contributed by atoms with E-state index in [9.17, 15) is 0 Å². The van der Waals surface area contributed by atoms with Crippen LogP contribution < -0.4 is 5.49 Å². The molecular formula is C11H13N3OS. The van der Waals surface area contributed by atoms with Crippen LogP contribution in [0.1, 0.15) is 16.9 Å². The zero-order valence-electron chi connectivity index (χ0n) is 8.86. The molecule has 2 heterocycles. The quantitative estimate of drug-likeness (QED) is 0.817. The Balaban J connectivity index is 2.30. The molecule has 0 bridgehead atoms. The van der Waals surface area contributed by atoms with E-state index in [1.54, 1.807) is 22.2 Å². The molecule has 0 aromatic carbocycles. The molecule has 0 spiro atoms. The molecular weight excluding hydrogens is 222 g/mol. The number of aromatic nitrogens is 2. The fourth-order valence-corrected chi connectivity index (χ4v) is 3.55. The van der Waals surface area contributed by atoms with Crippen molar-refractivity contribution in [2.75, 3.05) is 6.61 Å². The lowest BCUT2D eigenvalue weighted by Crippen LogP contribution is -2.22. The van der Waals surface area contributed by atoms with E-state index in [0.29, 0.717) is 12.0 Å². The van der Waals surface area contributed by atoms with Crippen molar-refractivity contribution >= 4 is 21.6 Å². The Bertz CT molecular complexity index is 599. The summed E-state index contributed by atoms with van der Waals surface area (Å²) in [7, 11) is 0. The number of rotatable bonds is 2. The first-order valence-corrected chi connectivity index (χ1v) is 6.28. The van der Waals surface area contributed by atoms with Gasteiger partial charge in [0, 0.05) is 11.4 Å². The van der Waals surface area contributed by atoms with Gasteiger partial charge in [0.15, 0.2) is 0 Å². The Kier molecular flexibility index (Phi) is 2.29. The summed E-state index contributed by atoms with van der Waals surface area (Å²) < 4.78 is 1.72. The minimum absolute atomic E-state index is 0.0516. The van der Waals surface area contributed by atoms with E-state index in [1.165, 1.54) is 16.9 Å². The Morgan fingerprint density at radius 1 is 1.50 bits per heavy atom. The molecule has 84 valence electrons. The first-order valence-electron chi connectivity index (χ1n) is 5.46. The van der Waals surface area contributed by atoms with Crippen molar-refractivity contribution in [2.45, 2.75) is 25.8 Å². The van der Waals surface area contributed by atoms with Crippen LogP contribution >= 0.6 is 11.3 Å². The SMILES string of the molecule is N=c1c2c3c(sc2ncn1CCO)CCC3. The molecule has 2 aromatic heterocycles. The highest BCUT2D eigenvalue weighted by Gasteiger charge is 2.19. The summed E-state index contributed by atoms with van der Waals surface area (Å²) in [6.45, 7) is 0.502. The standard InChI is InChI=1S/C11H13N3OS/c12-10-9-7-2-1-3-8(7)16-11(9)13-6-14(10)4-5-15/h6,12,15H,1-5H2. The Hall–Kier alpha value is -1.20. The highest BCUT2D eigenvalue weighted by molar-refractivity contribution is 7.18. The number of thiophene rings is 1. The molecule has 0 aliphatic heterocycles. The summed E-state index contributed by atoms with van der Waals surface area (Å²) in [5, 5.41) is 18.1. The fraction of sp³-hybridized carbons (Fsp3) is 0.455. The molecule has 0 atom stereocenters. The molecule has 5 heteroatoms. The fourth-order valence-electron chi connectivity index (χ4n) is 2.33. The van der Waals surface area contributed by atoms with Gasteiger partial charge in [-0.15, -0.1) is 11.3 Å². The van der Waals surface area contributed by atoms with E-state index in [2.05, 4.69) is 4.98 Å². The number of hydrogen-bond donors (Lipinski definition) is 2. The molecule has 3 rings (SSSR count). The number of nitrogens with zero attached hydrogens (tertiary/aromatic N) is 2. The van der Waals surface area contributed by atoms with E-state index in [4.69, 9.17) is 10.5 Å². The average molecular weight is 235 g/mol. The van der Waals surface area contributed by atoms with Gasteiger partial charge in [-0.05, 0) is 24.8 Å². The van der Waals surface area contributed by atoms with Crippen LogP contribution in [-0.4, -0.2) is 21.3 Å². The van der Waals surface area contributed by atoms with Gasteiger partial charge >= 0.3 is 0 Å². The van der Waals surface area contributed by atoms with E-state index >= 15 is 0 Å². The lowest BCUT2D eigenvalue weighted by atomic mass is 10.2. The number of aliphatic hydroxyl groups excluding tert-OH is 1. The first kappa shape index (κ1) is 9.99. The highest BCUT2D eigenvalue weighted by atomic mass is 32.1. The second-order valence-electron chi connectivity index (χ2n) is 4.05. The summed E-state index contributed by atoms with van der Waals surface area (Å²) in [5.41, 5.74) is 1.82. The summed E-state index contributed by atoms with van der Waals surface area (Å²) >= 11 is 1.72. The lowest BCUT2D eigenvalue weighted by molar-refractivity contribution is 0.273. The summed E-state index contributed by atoms with van der Waals surface area (Å²) in [6, 6.07) is 0. The number of hydrogen-bond acceptors (Lipinski definition) is 4. The van der Waals surface area contributed by atoms with Gasteiger partial charge in [-0.1, -0.05) is 0 Å². The summed E-state index contributed by atoms with van der Waals surface area (Å²) in [4.78, 5) is 6.75. The van der Waals surface area contributed by atoms with E-state index in [1.807, 2.05) is 0 Å². The number of nitrogens with one attached hydrogen (secondary N) is 1. The van der Waals surface area contributed by atoms with Crippen LogP contribution in [0.2, 0.25) is 0 Å². The van der Waals surface area contributed by atoms with Gasteiger partial charge in [0.25, 0.3) is 0 Å². The van der Waals surface area contributed by atoms with Crippen molar-refractivity contribution in [3.05, 3.63) is 22.3 Å². The number of aryl methyl sites for hydroxylation is 2. The monoisotopic (exact) mass is 235 g/mol. The lowest BCUT2D eigenvalue weighted by Gasteiger charge is -2.04. The van der Waals surface area contributed by atoms with Crippen LogP contribution in [0.4, 0.5) is 0 Å². The maximum absolute atomic E-state index is 8.93. The van der Waals surface area contributed by atoms with Crippen LogP contribution in [0.25, 0.3) is 10.2 Å². The minimum atomic E-state index is 0.0516. The van der Waals surface area contributed by atoms with E-state index < -0.39 is 0 Å². The van der Waals surface area contributed by atoms with Gasteiger partial charge in [-0.25, -0.2) is 4.98 Å². The van der Waals surface area contributed by atoms with Crippen LogP contribution in [0.5, 0.6) is 0 Å². The third-order valence-electron chi connectivity index (χ3n) is 3.08. The summed E-state index contributed by atoms with van der Waals surface area (Å²) in [6.07, 6.45) is 5.07. The Morgan fingerprint density at radius 3 is 3.19 bits per heavy atom. The molecule has 0 amide bonds. The zero-order valence-corrected chi connectivity index (χ0v) is 9.68. The van der Waals surface area contributed by atoms with Crippen LogP contribution in [-0.2, 0) is 19.4 Å². The van der Waals surface area contributed by atoms with Gasteiger partial charge in [0.2, 0.25) is 0 Å². The zero-order chi connectivity index (χ0) is 11.1. The highest BCUT2D eigenvalue weighted by Crippen LogP contribution is 2.34. The Morgan fingerprint density at radius 2 is 2.38 bits per heavy atom. The van der Waals surface area contributed by atoms with Crippen molar-refractivity contribution in [3.8, 4) is 0 Å².